The van der Waals surface area contributed by atoms with Crippen LogP contribution in [0.3, 0.4) is 0 Å². The van der Waals surface area contributed by atoms with Crippen molar-refractivity contribution in [3.05, 3.63) is 94.8 Å². The van der Waals surface area contributed by atoms with E-state index >= 15 is 0 Å². The maximum absolute atomic E-state index is 13.0. The van der Waals surface area contributed by atoms with Crippen molar-refractivity contribution in [2.45, 2.75) is 37.8 Å². The second kappa shape index (κ2) is 12.3. The lowest BCUT2D eigenvalue weighted by Crippen LogP contribution is -2.14. The zero-order valence-corrected chi connectivity index (χ0v) is 22.0. The van der Waals surface area contributed by atoms with Gasteiger partial charge in [0.2, 0.25) is 5.91 Å². The monoisotopic (exact) mass is 559 g/mol. The van der Waals surface area contributed by atoms with Crippen molar-refractivity contribution in [3.8, 4) is 5.75 Å². The van der Waals surface area contributed by atoms with Crippen molar-refractivity contribution in [2.75, 3.05) is 11.1 Å². The molecule has 4 aromatic rings. The Kier molecular flexibility index (Phi) is 8.85. The zero-order valence-electron chi connectivity index (χ0n) is 20.4. The number of amides is 1. The Morgan fingerprint density at radius 3 is 2.74 bits per heavy atom. The smallest absolute Gasteiger partial charge is 0.416 e. The number of hydrogen-bond acceptors (Lipinski definition) is 7. The number of carbonyl (C=O) groups excluding carboxylic acids is 1. The molecule has 2 heterocycles. The molecule has 4 rings (SSSR count). The van der Waals surface area contributed by atoms with E-state index < -0.39 is 11.7 Å². The van der Waals surface area contributed by atoms with Gasteiger partial charge in [-0.3, -0.25) is 9.36 Å². The summed E-state index contributed by atoms with van der Waals surface area (Å²) in [4.78, 5) is 17.4. The fourth-order valence-electron chi connectivity index (χ4n) is 3.42. The molecule has 38 heavy (non-hydrogen) atoms. The minimum Gasteiger partial charge on any atom is -0.486 e. The van der Waals surface area contributed by atoms with Crippen molar-refractivity contribution in [2.24, 2.45) is 0 Å². The van der Waals surface area contributed by atoms with Gasteiger partial charge in [-0.15, -0.1) is 28.1 Å². The van der Waals surface area contributed by atoms with Crippen molar-refractivity contribution >= 4 is 34.1 Å². The van der Waals surface area contributed by atoms with Crippen LogP contribution in [0, 0.1) is 6.92 Å². The van der Waals surface area contributed by atoms with E-state index in [9.17, 15) is 18.0 Å². The first-order chi connectivity index (χ1) is 18.2. The number of aryl methyl sites for hydroxylation is 1. The quantitative estimate of drug-likeness (QED) is 0.175. The zero-order chi connectivity index (χ0) is 27.1. The summed E-state index contributed by atoms with van der Waals surface area (Å²) in [5.74, 6) is 1.10. The lowest BCUT2D eigenvalue weighted by atomic mass is 10.1. The molecule has 2 aromatic heterocycles. The topological polar surface area (TPSA) is 81.9 Å². The predicted molar refractivity (Wildman–Crippen MR) is 141 cm³/mol. The van der Waals surface area contributed by atoms with Crippen LogP contribution in [0.25, 0.3) is 0 Å². The molecule has 198 valence electrons. The highest BCUT2D eigenvalue weighted by Crippen LogP contribution is 2.30. The number of hydrogen-bond donors (Lipinski definition) is 1. The van der Waals surface area contributed by atoms with Gasteiger partial charge in [-0.25, -0.2) is 4.98 Å². The van der Waals surface area contributed by atoms with Crippen molar-refractivity contribution in [1.82, 2.24) is 19.7 Å². The van der Waals surface area contributed by atoms with E-state index in [0.29, 0.717) is 34.0 Å². The lowest BCUT2D eigenvalue weighted by Gasteiger charge is -2.09. The summed E-state index contributed by atoms with van der Waals surface area (Å²) in [7, 11) is 0. The molecule has 2 aromatic carbocycles. The van der Waals surface area contributed by atoms with E-state index in [4.69, 9.17) is 4.74 Å². The molecule has 1 N–H and O–H groups in total. The number of allylic oxidation sites excluding steroid dienone is 1. The number of nitrogens with zero attached hydrogens (tertiary/aromatic N) is 4. The minimum atomic E-state index is -4.40. The van der Waals surface area contributed by atoms with Crippen molar-refractivity contribution in [3.63, 3.8) is 0 Å². The van der Waals surface area contributed by atoms with Gasteiger partial charge in [0, 0.05) is 24.0 Å². The first-order valence-corrected chi connectivity index (χ1v) is 13.3. The second-order valence-corrected chi connectivity index (χ2v) is 10.3. The number of thiazole rings is 1. The lowest BCUT2D eigenvalue weighted by molar-refractivity contribution is -0.137. The predicted octanol–water partition coefficient (Wildman–Crippen LogP) is 6.15. The van der Waals surface area contributed by atoms with Crippen molar-refractivity contribution < 1.29 is 22.7 Å². The first kappa shape index (κ1) is 27.4. The third-order valence-electron chi connectivity index (χ3n) is 5.26. The molecular formula is C26H24F3N5O2S2. The van der Waals surface area contributed by atoms with Crippen molar-refractivity contribution in [1.29, 1.82) is 0 Å². The number of rotatable bonds is 11. The highest BCUT2D eigenvalue weighted by Gasteiger charge is 2.30. The number of thioether (sulfide) groups is 1. The molecule has 0 radical (unpaired) electrons. The molecule has 0 fully saturated rings. The summed E-state index contributed by atoms with van der Waals surface area (Å²) in [5, 5.41) is 12.0. The molecule has 0 unspecified atom stereocenters. The van der Waals surface area contributed by atoms with Crippen LogP contribution < -0.4 is 10.1 Å². The highest BCUT2D eigenvalue weighted by molar-refractivity contribution is 7.99. The number of nitrogens with one attached hydrogen (secondary N) is 1. The first-order valence-electron chi connectivity index (χ1n) is 11.5. The van der Waals surface area contributed by atoms with E-state index in [2.05, 4.69) is 27.1 Å². The van der Waals surface area contributed by atoms with Crippen LogP contribution in [0.1, 0.15) is 27.4 Å². The molecule has 0 bridgehead atoms. The van der Waals surface area contributed by atoms with E-state index in [1.807, 2.05) is 35.8 Å². The normalized spacial score (nSPS) is 11.4. The molecule has 0 aliphatic rings. The summed E-state index contributed by atoms with van der Waals surface area (Å²) in [6, 6.07) is 12.8. The van der Waals surface area contributed by atoms with Gasteiger partial charge in [0.05, 0.1) is 11.3 Å². The molecule has 0 spiro atoms. The number of carbonyl (C=O) groups is 1. The molecule has 0 saturated heterocycles. The molecule has 7 nitrogen and oxygen atoms in total. The van der Waals surface area contributed by atoms with Gasteiger partial charge in [0.25, 0.3) is 0 Å². The Morgan fingerprint density at radius 2 is 2.00 bits per heavy atom. The summed E-state index contributed by atoms with van der Waals surface area (Å²) < 4.78 is 46.5. The van der Waals surface area contributed by atoms with Gasteiger partial charge in [0.15, 0.2) is 16.1 Å². The number of benzene rings is 2. The Morgan fingerprint density at radius 1 is 1.21 bits per heavy atom. The Balaban J connectivity index is 1.32. The average Bonchev–Trinajstić information content (AvgIpc) is 3.48. The molecule has 1 amide bonds. The SMILES string of the molecule is C=CCn1c(COc2ccc(C)cc2)nnc1SCC(=O)Nc1ncc(Cc2cccc(C(F)(F)F)c2)s1. The number of ether oxygens (including phenoxy) is 1. The van der Waals surface area contributed by atoms with Crippen LogP contribution in [-0.2, 0) is 30.5 Å². The van der Waals surface area contributed by atoms with Gasteiger partial charge < -0.3 is 10.1 Å². The molecule has 0 aliphatic carbocycles. The largest absolute Gasteiger partial charge is 0.486 e. The minimum absolute atomic E-state index is 0.0661. The molecule has 0 aliphatic heterocycles. The van der Waals surface area contributed by atoms with Crippen LogP contribution in [0.4, 0.5) is 18.3 Å². The maximum atomic E-state index is 13.0. The van der Waals surface area contributed by atoms with E-state index in [1.54, 1.807) is 18.3 Å². The van der Waals surface area contributed by atoms with Crippen LogP contribution in [0.2, 0.25) is 0 Å². The summed E-state index contributed by atoms with van der Waals surface area (Å²) in [6.45, 7) is 6.44. The number of aromatic nitrogens is 4. The fraction of sp³-hybridized carbons (Fsp3) is 0.231. The molecular weight excluding hydrogens is 535 g/mol. The molecule has 0 atom stereocenters. The number of alkyl halides is 3. The van der Waals surface area contributed by atoms with Crippen LogP contribution in [0.5, 0.6) is 5.75 Å². The number of anilines is 1. The van der Waals surface area contributed by atoms with Gasteiger partial charge in [0.1, 0.15) is 12.4 Å². The van der Waals surface area contributed by atoms with Crippen LogP contribution in [-0.4, -0.2) is 31.4 Å². The highest BCUT2D eigenvalue weighted by atomic mass is 32.2. The third-order valence-corrected chi connectivity index (χ3v) is 7.14. The molecule has 0 saturated carbocycles. The molecule has 12 heteroatoms. The Bertz CT molecular complexity index is 1400. The van der Waals surface area contributed by atoms with E-state index in [0.717, 1.165) is 22.6 Å². The van der Waals surface area contributed by atoms with Crippen LogP contribution in [0.15, 0.2) is 72.5 Å². The summed E-state index contributed by atoms with van der Waals surface area (Å²) >= 11 is 2.43. The second-order valence-electron chi connectivity index (χ2n) is 8.24. The standard InChI is InChI=1S/C26H24F3N5O2S2/c1-3-11-34-22(15-36-20-9-7-17(2)8-10-20)32-33-25(34)37-16-23(35)31-24-30-14-21(38-24)13-18-5-4-6-19(12-18)26(27,28)29/h3-10,12,14H,1,11,13,15-16H2,2H3,(H,30,31,35). The van der Waals surface area contributed by atoms with Gasteiger partial charge in [-0.1, -0.05) is 53.7 Å². The Labute approximate surface area is 225 Å². The Hall–Kier alpha value is -3.64. The van der Waals surface area contributed by atoms with E-state index in [1.165, 1.54) is 29.2 Å². The summed E-state index contributed by atoms with van der Waals surface area (Å²) in [6.07, 6.45) is -0.852. The summed E-state index contributed by atoms with van der Waals surface area (Å²) in [5.41, 5.74) is 0.952. The maximum Gasteiger partial charge on any atom is 0.416 e. The fourth-order valence-corrected chi connectivity index (χ4v) is 5.05. The van der Waals surface area contributed by atoms with Gasteiger partial charge in [-0.05, 0) is 30.7 Å². The van der Waals surface area contributed by atoms with Gasteiger partial charge >= 0.3 is 6.18 Å². The third kappa shape index (κ3) is 7.45. The van der Waals surface area contributed by atoms with Gasteiger partial charge in [-0.2, -0.15) is 13.2 Å². The van der Waals surface area contributed by atoms with E-state index in [-0.39, 0.29) is 24.7 Å². The number of halogens is 3. The van der Waals surface area contributed by atoms with Crippen LogP contribution >= 0.6 is 23.1 Å². The average molecular weight is 560 g/mol.